The third kappa shape index (κ3) is 4.85. The van der Waals surface area contributed by atoms with Crippen LogP contribution in [0.4, 0.5) is 4.39 Å². The number of ether oxygens (including phenoxy) is 2. The lowest BCUT2D eigenvalue weighted by atomic mass is 10.2. The Kier molecular flexibility index (Phi) is 6.64. The van der Waals surface area contributed by atoms with E-state index in [1.807, 2.05) is 0 Å². The highest BCUT2D eigenvalue weighted by molar-refractivity contribution is 5.91. The summed E-state index contributed by atoms with van der Waals surface area (Å²) in [6.07, 6.45) is 1.54. The molecule has 0 bridgehead atoms. The fourth-order valence-corrected chi connectivity index (χ4v) is 3.63. The molecule has 0 aliphatic carbocycles. The summed E-state index contributed by atoms with van der Waals surface area (Å²) in [5, 5.41) is 6.57. The number of amides is 1. The zero-order valence-electron chi connectivity index (χ0n) is 18.0. The van der Waals surface area contributed by atoms with E-state index in [2.05, 4.69) is 10.4 Å². The van der Waals surface area contributed by atoms with E-state index in [1.165, 1.54) is 25.3 Å². The van der Waals surface area contributed by atoms with E-state index in [0.717, 1.165) is 28.2 Å². The van der Waals surface area contributed by atoms with Crippen LogP contribution in [0, 0.1) is 5.82 Å². The molecule has 1 saturated heterocycles. The van der Waals surface area contributed by atoms with Crippen LogP contribution in [0.5, 0.6) is 5.75 Å². The average molecular weight is 454 g/mol. The first-order chi connectivity index (χ1) is 16.0. The Balaban J connectivity index is 1.78. The van der Waals surface area contributed by atoms with E-state index in [-0.39, 0.29) is 24.9 Å². The first-order valence-corrected chi connectivity index (χ1v) is 10.5. The van der Waals surface area contributed by atoms with E-state index >= 15 is 0 Å². The maximum atomic E-state index is 14.5. The van der Waals surface area contributed by atoms with Crippen LogP contribution in [0.3, 0.4) is 0 Å². The molecule has 0 saturated carbocycles. The Morgan fingerprint density at radius 2 is 2.06 bits per heavy atom. The molecule has 1 fully saturated rings. The molecule has 1 N–H and O–H groups in total. The van der Waals surface area contributed by atoms with Gasteiger partial charge >= 0.3 is 5.69 Å². The predicted octanol–water partition coefficient (Wildman–Crippen LogP) is 1.50. The van der Waals surface area contributed by atoms with Gasteiger partial charge in [-0.3, -0.25) is 14.2 Å². The van der Waals surface area contributed by atoms with Gasteiger partial charge in [0.2, 0.25) is 5.69 Å². The summed E-state index contributed by atoms with van der Waals surface area (Å²) in [5.41, 5.74) is -1.84. The molecule has 1 amide bonds. The quantitative estimate of drug-likeness (QED) is 0.580. The molecule has 2 aromatic carbocycles. The highest BCUT2D eigenvalue weighted by Gasteiger charge is 2.23. The van der Waals surface area contributed by atoms with Crippen LogP contribution in [-0.2, 0) is 11.3 Å². The van der Waals surface area contributed by atoms with Gasteiger partial charge in [0.1, 0.15) is 17.3 Å². The van der Waals surface area contributed by atoms with Crippen LogP contribution in [0.15, 0.2) is 58.1 Å². The summed E-state index contributed by atoms with van der Waals surface area (Å²) >= 11 is 0. The predicted molar refractivity (Wildman–Crippen MR) is 117 cm³/mol. The Morgan fingerprint density at radius 1 is 1.24 bits per heavy atom. The molecular weight excluding hydrogens is 431 g/mol. The Hall–Kier alpha value is -3.79. The third-order valence-electron chi connectivity index (χ3n) is 5.34. The third-order valence-corrected chi connectivity index (χ3v) is 5.34. The van der Waals surface area contributed by atoms with Gasteiger partial charge in [-0.15, -0.1) is 0 Å². The van der Waals surface area contributed by atoms with Crippen LogP contribution < -0.4 is 21.3 Å². The van der Waals surface area contributed by atoms with E-state index in [1.54, 1.807) is 24.3 Å². The van der Waals surface area contributed by atoms with E-state index in [9.17, 15) is 18.8 Å². The minimum atomic E-state index is -0.875. The normalized spacial score (nSPS) is 15.4. The van der Waals surface area contributed by atoms with Crippen molar-refractivity contribution >= 4 is 5.91 Å². The molecule has 1 atom stereocenters. The van der Waals surface area contributed by atoms with E-state index in [0.29, 0.717) is 17.9 Å². The van der Waals surface area contributed by atoms with Crippen molar-refractivity contribution in [3.63, 3.8) is 0 Å². The number of methoxy groups -OCH3 is 1. The summed E-state index contributed by atoms with van der Waals surface area (Å²) < 4.78 is 26.8. The number of aromatic nitrogens is 3. The highest BCUT2D eigenvalue weighted by atomic mass is 19.1. The SMILES string of the molecule is COc1cccc(Cn2c(=O)c(C(=O)NC[C@H]3CCCO3)nn(-c3ccccc3F)c2=O)c1. The number of carbonyl (C=O) groups excluding carboxylic acids is 1. The van der Waals surface area contributed by atoms with Gasteiger partial charge in [0.15, 0.2) is 0 Å². The molecule has 0 spiro atoms. The zero-order chi connectivity index (χ0) is 23.4. The van der Waals surface area contributed by atoms with Crippen LogP contribution >= 0.6 is 0 Å². The number of carbonyl (C=O) groups is 1. The Labute approximate surface area is 188 Å². The summed E-state index contributed by atoms with van der Waals surface area (Å²) in [4.78, 5) is 39.1. The molecule has 172 valence electrons. The van der Waals surface area contributed by atoms with Crippen molar-refractivity contribution in [3.05, 3.63) is 86.4 Å². The van der Waals surface area contributed by atoms with Crippen LogP contribution in [-0.4, -0.2) is 46.6 Å². The van der Waals surface area contributed by atoms with Crippen LogP contribution in [0.2, 0.25) is 0 Å². The van der Waals surface area contributed by atoms with Crippen LogP contribution in [0.1, 0.15) is 28.9 Å². The molecule has 2 heterocycles. The van der Waals surface area contributed by atoms with Crippen molar-refractivity contribution in [1.29, 1.82) is 0 Å². The Morgan fingerprint density at radius 3 is 2.79 bits per heavy atom. The molecule has 1 aromatic heterocycles. The van der Waals surface area contributed by atoms with E-state index < -0.39 is 28.7 Å². The number of nitrogens with zero attached hydrogens (tertiary/aromatic N) is 3. The smallest absolute Gasteiger partial charge is 0.352 e. The lowest BCUT2D eigenvalue weighted by Gasteiger charge is -2.14. The fraction of sp³-hybridized carbons (Fsp3) is 0.304. The maximum Gasteiger partial charge on any atom is 0.352 e. The second-order valence-corrected chi connectivity index (χ2v) is 7.58. The Bertz CT molecular complexity index is 1280. The molecule has 1 aliphatic rings. The second kappa shape index (κ2) is 9.78. The lowest BCUT2D eigenvalue weighted by Crippen LogP contribution is -2.46. The van der Waals surface area contributed by atoms with Gasteiger partial charge in [-0.1, -0.05) is 24.3 Å². The summed E-state index contributed by atoms with van der Waals surface area (Å²) in [5.74, 6) is -0.942. The molecular formula is C23H23FN4O5. The average Bonchev–Trinajstić information content (AvgIpc) is 3.35. The number of benzene rings is 2. The first-order valence-electron chi connectivity index (χ1n) is 10.5. The zero-order valence-corrected chi connectivity index (χ0v) is 18.0. The molecule has 3 aromatic rings. The van der Waals surface area contributed by atoms with Gasteiger partial charge < -0.3 is 14.8 Å². The molecule has 9 nitrogen and oxygen atoms in total. The van der Waals surface area contributed by atoms with Crippen LogP contribution in [0.25, 0.3) is 5.69 Å². The molecule has 10 heteroatoms. The molecule has 0 unspecified atom stereocenters. The number of para-hydroxylation sites is 1. The van der Waals surface area contributed by atoms with E-state index in [4.69, 9.17) is 9.47 Å². The van der Waals surface area contributed by atoms with Gasteiger partial charge in [0, 0.05) is 13.2 Å². The topological polar surface area (TPSA) is 104 Å². The standard InChI is InChI=1S/C23H23FN4O5/c1-32-16-7-4-6-15(12-16)14-27-22(30)20(21(29)25-13-17-8-5-11-33-17)26-28(23(27)31)19-10-3-2-9-18(19)24/h2-4,6-7,9-10,12,17H,5,8,11,13-14H2,1H3,(H,25,29)/t17-/m1/s1. The highest BCUT2D eigenvalue weighted by Crippen LogP contribution is 2.14. The monoisotopic (exact) mass is 454 g/mol. The van der Waals surface area contributed by atoms with Gasteiger partial charge in [0.05, 0.1) is 19.8 Å². The minimum Gasteiger partial charge on any atom is -0.497 e. The molecule has 0 radical (unpaired) electrons. The van der Waals surface area contributed by atoms with Gasteiger partial charge in [-0.2, -0.15) is 9.78 Å². The second-order valence-electron chi connectivity index (χ2n) is 7.58. The van der Waals surface area contributed by atoms with Crippen molar-refractivity contribution in [3.8, 4) is 11.4 Å². The lowest BCUT2D eigenvalue weighted by molar-refractivity contribution is 0.0849. The van der Waals surface area contributed by atoms with Crippen molar-refractivity contribution in [1.82, 2.24) is 19.7 Å². The summed E-state index contributed by atoms with van der Waals surface area (Å²) in [7, 11) is 1.50. The minimum absolute atomic E-state index is 0.148. The number of halogens is 1. The first kappa shape index (κ1) is 22.4. The van der Waals surface area contributed by atoms with Crippen molar-refractivity contribution in [2.45, 2.75) is 25.5 Å². The molecule has 33 heavy (non-hydrogen) atoms. The van der Waals surface area contributed by atoms with Gasteiger partial charge in [0.25, 0.3) is 11.5 Å². The summed E-state index contributed by atoms with van der Waals surface area (Å²) in [6.45, 7) is 0.664. The summed E-state index contributed by atoms with van der Waals surface area (Å²) in [6, 6.07) is 12.3. The fourth-order valence-electron chi connectivity index (χ4n) is 3.63. The number of rotatable bonds is 7. The van der Waals surface area contributed by atoms with Crippen molar-refractivity contribution in [2.24, 2.45) is 0 Å². The maximum absolute atomic E-state index is 14.5. The van der Waals surface area contributed by atoms with Crippen molar-refractivity contribution in [2.75, 3.05) is 20.3 Å². The van der Waals surface area contributed by atoms with Gasteiger partial charge in [-0.25, -0.2) is 9.18 Å². The molecule has 4 rings (SSSR count). The number of hydrogen-bond acceptors (Lipinski definition) is 6. The molecule has 1 aliphatic heterocycles. The number of nitrogens with one attached hydrogen (secondary N) is 1. The van der Waals surface area contributed by atoms with Crippen molar-refractivity contribution < 1.29 is 18.7 Å². The largest absolute Gasteiger partial charge is 0.497 e. The van der Waals surface area contributed by atoms with Gasteiger partial charge in [-0.05, 0) is 42.7 Å². The number of hydrogen-bond donors (Lipinski definition) is 1.